The number of thioether (sulfide) groups is 1. The van der Waals surface area contributed by atoms with Crippen molar-refractivity contribution in [3.8, 4) is 0 Å². The summed E-state index contributed by atoms with van der Waals surface area (Å²) in [5.74, 6) is 0.678. The molecule has 0 aliphatic rings. The van der Waals surface area contributed by atoms with Crippen LogP contribution in [0.2, 0.25) is 0 Å². The average Bonchev–Trinajstić information content (AvgIpc) is 2.66. The number of hydrogen-bond acceptors (Lipinski definition) is 7. The van der Waals surface area contributed by atoms with E-state index in [4.69, 9.17) is 5.11 Å². The van der Waals surface area contributed by atoms with Crippen LogP contribution in [-0.2, 0) is 16.4 Å². The Kier molecular flexibility index (Phi) is 5.16. The van der Waals surface area contributed by atoms with Crippen molar-refractivity contribution in [3.63, 3.8) is 0 Å². The first-order valence-electron chi connectivity index (χ1n) is 4.79. The molecule has 1 N–H and O–H groups in total. The van der Waals surface area contributed by atoms with Gasteiger partial charge in [-0.2, -0.15) is 0 Å². The summed E-state index contributed by atoms with van der Waals surface area (Å²) in [7, 11) is -2.95. The molecule has 0 spiro atoms. The van der Waals surface area contributed by atoms with E-state index >= 15 is 0 Å². The van der Waals surface area contributed by atoms with Crippen molar-refractivity contribution in [2.24, 2.45) is 0 Å². The topological polar surface area (TPSA) is 98.0 Å². The zero-order valence-corrected chi connectivity index (χ0v) is 10.5. The van der Waals surface area contributed by atoms with Crippen molar-refractivity contribution in [3.05, 3.63) is 0 Å². The SMILES string of the molecule is CCS(=O)(=O)CCSc1nnnn1CCO. The van der Waals surface area contributed by atoms with Crippen LogP contribution in [0.5, 0.6) is 0 Å². The number of rotatable bonds is 7. The largest absolute Gasteiger partial charge is 0.394 e. The molecule has 0 radical (unpaired) electrons. The van der Waals surface area contributed by atoms with E-state index in [0.29, 0.717) is 17.5 Å². The lowest BCUT2D eigenvalue weighted by atomic mass is 10.7. The van der Waals surface area contributed by atoms with Crippen molar-refractivity contribution >= 4 is 21.6 Å². The van der Waals surface area contributed by atoms with Crippen LogP contribution in [0, 0.1) is 0 Å². The lowest BCUT2D eigenvalue weighted by molar-refractivity contribution is 0.262. The molecule has 16 heavy (non-hydrogen) atoms. The molecule has 92 valence electrons. The first-order valence-corrected chi connectivity index (χ1v) is 7.60. The monoisotopic (exact) mass is 266 g/mol. The second kappa shape index (κ2) is 6.16. The standard InChI is InChI=1S/C7H14N4O3S2/c1-2-16(13,14)6-5-15-7-8-9-10-11(7)3-4-12/h12H,2-6H2,1H3. The van der Waals surface area contributed by atoms with Crippen LogP contribution in [0.1, 0.15) is 6.92 Å². The number of aliphatic hydroxyl groups is 1. The lowest BCUT2D eigenvalue weighted by Crippen LogP contribution is -2.11. The van der Waals surface area contributed by atoms with Crippen LogP contribution in [0.15, 0.2) is 5.16 Å². The van der Waals surface area contributed by atoms with Crippen LogP contribution in [0.3, 0.4) is 0 Å². The van der Waals surface area contributed by atoms with E-state index in [1.54, 1.807) is 6.92 Å². The van der Waals surface area contributed by atoms with Crippen molar-refractivity contribution < 1.29 is 13.5 Å². The normalized spacial score (nSPS) is 11.9. The Morgan fingerprint density at radius 2 is 2.25 bits per heavy atom. The summed E-state index contributed by atoms with van der Waals surface area (Å²) in [6, 6.07) is 0. The fraction of sp³-hybridized carbons (Fsp3) is 0.857. The van der Waals surface area contributed by atoms with Crippen LogP contribution in [0.25, 0.3) is 0 Å². The fourth-order valence-corrected chi connectivity index (χ4v) is 3.13. The van der Waals surface area contributed by atoms with E-state index in [1.165, 1.54) is 16.4 Å². The molecular weight excluding hydrogens is 252 g/mol. The summed E-state index contributed by atoms with van der Waals surface area (Å²) in [5.41, 5.74) is 0. The van der Waals surface area contributed by atoms with Crippen molar-refractivity contribution in [1.29, 1.82) is 0 Å². The highest BCUT2D eigenvalue weighted by atomic mass is 32.2. The molecule has 0 saturated carbocycles. The fourth-order valence-electron chi connectivity index (χ4n) is 0.939. The van der Waals surface area contributed by atoms with Crippen LogP contribution in [0.4, 0.5) is 0 Å². The van der Waals surface area contributed by atoms with Gasteiger partial charge in [-0.1, -0.05) is 18.7 Å². The molecular formula is C7H14N4O3S2. The van der Waals surface area contributed by atoms with Gasteiger partial charge in [0, 0.05) is 11.5 Å². The van der Waals surface area contributed by atoms with Gasteiger partial charge in [-0.3, -0.25) is 0 Å². The van der Waals surface area contributed by atoms with Crippen LogP contribution < -0.4 is 0 Å². The van der Waals surface area contributed by atoms with E-state index in [2.05, 4.69) is 15.5 Å². The Hall–Kier alpha value is -0.670. The predicted octanol–water partition coefficient (Wildman–Crippen LogP) is -0.808. The molecule has 1 aromatic rings. The average molecular weight is 266 g/mol. The number of sulfone groups is 1. The summed E-state index contributed by atoms with van der Waals surface area (Å²) in [6.07, 6.45) is 0. The van der Waals surface area contributed by atoms with E-state index in [-0.39, 0.29) is 18.1 Å². The minimum Gasteiger partial charge on any atom is -0.394 e. The molecule has 1 aromatic heterocycles. The maximum Gasteiger partial charge on any atom is 0.209 e. The second-order valence-corrected chi connectivity index (χ2v) is 6.53. The second-order valence-electron chi connectivity index (χ2n) is 2.99. The van der Waals surface area contributed by atoms with E-state index < -0.39 is 9.84 Å². The molecule has 1 rings (SSSR count). The number of aliphatic hydroxyl groups excluding tert-OH is 1. The van der Waals surface area contributed by atoms with Crippen LogP contribution in [-0.4, -0.2) is 57.6 Å². The lowest BCUT2D eigenvalue weighted by Gasteiger charge is -2.02. The van der Waals surface area contributed by atoms with Gasteiger partial charge in [-0.05, 0) is 10.4 Å². The molecule has 0 aliphatic heterocycles. The molecule has 1 heterocycles. The molecule has 0 fully saturated rings. The number of aromatic nitrogens is 4. The smallest absolute Gasteiger partial charge is 0.209 e. The first kappa shape index (κ1) is 13.4. The van der Waals surface area contributed by atoms with Gasteiger partial charge in [0.15, 0.2) is 9.84 Å². The van der Waals surface area contributed by atoms with E-state index in [0.717, 1.165) is 0 Å². The van der Waals surface area contributed by atoms with Gasteiger partial charge in [0.05, 0.1) is 18.9 Å². The predicted molar refractivity (Wildman–Crippen MR) is 60.0 cm³/mol. The third kappa shape index (κ3) is 4.06. The van der Waals surface area contributed by atoms with Gasteiger partial charge < -0.3 is 5.11 Å². The number of nitrogens with zero attached hydrogens (tertiary/aromatic N) is 4. The Bertz CT molecular complexity index is 417. The van der Waals surface area contributed by atoms with Gasteiger partial charge >= 0.3 is 0 Å². The molecule has 0 amide bonds. The molecule has 0 bridgehead atoms. The number of tetrazole rings is 1. The van der Waals surface area contributed by atoms with Gasteiger partial charge in [0.25, 0.3) is 0 Å². The first-order chi connectivity index (χ1) is 7.59. The third-order valence-corrected chi connectivity index (χ3v) is 4.80. The summed E-state index contributed by atoms with van der Waals surface area (Å²) in [4.78, 5) is 0. The highest BCUT2D eigenvalue weighted by Crippen LogP contribution is 2.13. The van der Waals surface area contributed by atoms with Gasteiger partial charge in [-0.25, -0.2) is 13.1 Å². The summed E-state index contributed by atoms with van der Waals surface area (Å²) in [6.45, 7) is 1.89. The van der Waals surface area contributed by atoms with Crippen molar-refractivity contribution in [2.75, 3.05) is 23.9 Å². The quantitative estimate of drug-likeness (QED) is 0.645. The van der Waals surface area contributed by atoms with Gasteiger partial charge in [0.2, 0.25) is 5.16 Å². The highest BCUT2D eigenvalue weighted by Gasteiger charge is 2.10. The van der Waals surface area contributed by atoms with E-state index in [1.807, 2.05) is 0 Å². The molecule has 0 aliphatic carbocycles. The van der Waals surface area contributed by atoms with Crippen molar-refractivity contribution in [1.82, 2.24) is 20.2 Å². The minimum atomic E-state index is -2.95. The summed E-state index contributed by atoms with van der Waals surface area (Å²) >= 11 is 1.27. The Morgan fingerprint density at radius 1 is 1.50 bits per heavy atom. The third-order valence-electron chi connectivity index (χ3n) is 1.88. The van der Waals surface area contributed by atoms with E-state index in [9.17, 15) is 8.42 Å². The maximum absolute atomic E-state index is 11.2. The molecule has 7 nitrogen and oxygen atoms in total. The Morgan fingerprint density at radius 3 is 2.88 bits per heavy atom. The van der Waals surface area contributed by atoms with Gasteiger partial charge in [-0.15, -0.1) is 5.10 Å². The molecule has 0 aromatic carbocycles. The van der Waals surface area contributed by atoms with Crippen molar-refractivity contribution in [2.45, 2.75) is 18.6 Å². The maximum atomic E-state index is 11.2. The zero-order valence-electron chi connectivity index (χ0n) is 8.90. The minimum absolute atomic E-state index is 0.0497. The summed E-state index contributed by atoms with van der Waals surface area (Å²) < 4.78 is 23.9. The highest BCUT2D eigenvalue weighted by molar-refractivity contribution is 8.00. The molecule has 0 unspecified atom stereocenters. The molecule has 0 atom stereocenters. The molecule has 9 heteroatoms. The van der Waals surface area contributed by atoms with Gasteiger partial charge in [0.1, 0.15) is 0 Å². The van der Waals surface area contributed by atoms with Crippen LogP contribution >= 0.6 is 11.8 Å². The number of hydrogen-bond donors (Lipinski definition) is 1. The summed E-state index contributed by atoms with van der Waals surface area (Å²) in [5, 5.41) is 20.1. The Balaban J connectivity index is 2.46. The zero-order chi connectivity index (χ0) is 12.0. The Labute approximate surface area is 98.1 Å². The molecule has 0 saturated heterocycles.